The van der Waals surface area contributed by atoms with Gasteiger partial charge >= 0.3 is 5.97 Å². The van der Waals surface area contributed by atoms with Crippen molar-refractivity contribution in [3.05, 3.63) is 35.4 Å². The van der Waals surface area contributed by atoms with Crippen molar-refractivity contribution in [1.29, 1.82) is 0 Å². The summed E-state index contributed by atoms with van der Waals surface area (Å²) in [4.78, 5) is 43.2. The van der Waals surface area contributed by atoms with Gasteiger partial charge in [-0.05, 0) is 44.0 Å². The second kappa shape index (κ2) is 5.88. The van der Waals surface area contributed by atoms with Crippen LogP contribution in [0.2, 0.25) is 0 Å². The minimum absolute atomic E-state index is 0.0973. The highest BCUT2D eigenvalue weighted by Crippen LogP contribution is 2.23. The lowest BCUT2D eigenvalue weighted by Gasteiger charge is -2.29. The molecule has 6 heteroatoms. The van der Waals surface area contributed by atoms with Crippen LogP contribution < -0.4 is 0 Å². The van der Waals surface area contributed by atoms with Crippen molar-refractivity contribution in [3.8, 4) is 0 Å². The first-order chi connectivity index (χ1) is 10.6. The zero-order valence-corrected chi connectivity index (χ0v) is 12.4. The molecule has 0 bridgehead atoms. The number of rotatable bonds is 3. The van der Waals surface area contributed by atoms with E-state index in [0.29, 0.717) is 11.0 Å². The fourth-order valence-electron chi connectivity index (χ4n) is 2.78. The van der Waals surface area contributed by atoms with E-state index < -0.39 is 17.8 Å². The molecule has 6 nitrogen and oxygen atoms in total. The predicted molar refractivity (Wildman–Crippen MR) is 77.9 cm³/mol. The van der Waals surface area contributed by atoms with Crippen LogP contribution in [-0.4, -0.2) is 47.4 Å². The van der Waals surface area contributed by atoms with Gasteiger partial charge in [0.1, 0.15) is 0 Å². The molecule has 0 radical (unpaired) electrons. The third kappa shape index (κ3) is 2.74. The number of fused-ring (bicyclic) bond motifs is 1. The fourth-order valence-corrected chi connectivity index (χ4v) is 2.78. The molecule has 0 aliphatic carbocycles. The summed E-state index contributed by atoms with van der Waals surface area (Å²) in [5.41, 5.74) is 0.541. The summed E-state index contributed by atoms with van der Waals surface area (Å²) in [6, 6.07) is 6.44. The van der Waals surface area contributed by atoms with Crippen LogP contribution in [-0.2, 0) is 9.63 Å². The summed E-state index contributed by atoms with van der Waals surface area (Å²) in [5.74, 6) is -1.07. The third-order valence-electron chi connectivity index (χ3n) is 4.18. The van der Waals surface area contributed by atoms with Crippen LogP contribution in [0.15, 0.2) is 24.3 Å². The quantitative estimate of drug-likeness (QED) is 0.791. The molecule has 0 unspecified atom stereocenters. The number of imide groups is 1. The van der Waals surface area contributed by atoms with Gasteiger partial charge in [0.15, 0.2) is 0 Å². The summed E-state index contributed by atoms with van der Waals surface area (Å²) < 4.78 is 0. The maximum Gasteiger partial charge on any atom is 0.347 e. The number of amides is 2. The van der Waals surface area contributed by atoms with Gasteiger partial charge in [0.2, 0.25) is 0 Å². The molecule has 2 aliphatic rings. The molecule has 1 saturated heterocycles. The highest BCUT2D eigenvalue weighted by atomic mass is 16.7. The van der Waals surface area contributed by atoms with Crippen LogP contribution in [0.5, 0.6) is 0 Å². The lowest BCUT2D eigenvalue weighted by molar-refractivity contribution is -0.170. The van der Waals surface area contributed by atoms with Crippen molar-refractivity contribution in [2.24, 2.45) is 5.92 Å². The maximum atomic E-state index is 12.1. The van der Waals surface area contributed by atoms with E-state index in [9.17, 15) is 14.4 Å². The van der Waals surface area contributed by atoms with Gasteiger partial charge in [0.05, 0.1) is 17.7 Å². The molecule has 2 aliphatic heterocycles. The lowest BCUT2D eigenvalue weighted by atomic mass is 9.99. The van der Waals surface area contributed by atoms with Gasteiger partial charge in [0.25, 0.3) is 11.8 Å². The minimum Gasteiger partial charge on any atom is -0.328 e. The molecular weight excluding hydrogens is 284 g/mol. The number of piperidine rings is 1. The molecule has 0 saturated carbocycles. The van der Waals surface area contributed by atoms with Crippen molar-refractivity contribution in [2.75, 3.05) is 19.6 Å². The molecular formula is C16H18N2O4. The zero-order valence-electron chi connectivity index (χ0n) is 12.4. The highest BCUT2D eigenvalue weighted by molar-refractivity contribution is 6.20. The molecule has 1 aromatic rings. The number of benzene rings is 1. The summed E-state index contributed by atoms with van der Waals surface area (Å²) >= 11 is 0. The number of hydroxylamine groups is 2. The normalized spacial score (nSPS) is 19.4. The van der Waals surface area contributed by atoms with Crippen molar-refractivity contribution >= 4 is 17.8 Å². The largest absolute Gasteiger partial charge is 0.347 e. The smallest absolute Gasteiger partial charge is 0.328 e. The van der Waals surface area contributed by atoms with E-state index in [-0.39, 0.29) is 17.7 Å². The van der Waals surface area contributed by atoms with Crippen LogP contribution in [0.4, 0.5) is 0 Å². The van der Waals surface area contributed by atoms with Crippen LogP contribution in [0.25, 0.3) is 0 Å². The predicted octanol–water partition coefficient (Wildman–Crippen LogP) is 1.47. The molecule has 0 atom stereocenters. The average molecular weight is 302 g/mol. The van der Waals surface area contributed by atoms with Gasteiger partial charge in [-0.2, -0.15) is 0 Å². The Bertz CT molecular complexity index is 585. The molecule has 22 heavy (non-hydrogen) atoms. The molecule has 2 amide bonds. The molecule has 2 heterocycles. The van der Waals surface area contributed by atoms with E-state index >= 15 is 0 Å². The second-order valence-electron chi connectivity index (χ2n) is 5.87. The SMILES string of the molecule is CC1CCN(CC(=O)ON2C(=O)c3ccccc3C2=O)CC1. The first-order valence-electron chi connectivity index (χ1n) is 7.47. The maximum absolute atomic E-state index is 12.1. The zero-order chi connectivity index (χ0) is 15.7. The highest BCUT2D eigenvalue weighted by Gasteiger charge is 2.38. The summed E-state index contributed by atoms with van der Waals surface area (Å²) in [6.45, 7) is 3.95. The van der Waals surface area contributed by atoms with Crippen LogP contribution in [0.1, 0.15) is 40.5 Å². The van der Waals surface area contributed by atoms with Gasteiger partial charge in [-0.25, -0.2) is 4.79 Å². The van der Waals surface area contributed by atoms with Gasteiger partial charge in [-0.15, -0.1) is 0 Å². The van der Waals surface area contributed by atoms with Crippen molar-refractivity contribution in [3.63, 3.8) is 0 Å². The number of carbonyl (C=O) groups is 3. The Labute approximate surface area is 128 Å². The summed E-state index contributed by atoms with van der Waals surface area (Å²) in [6.07, 6.45) is 2.08. The molecule has 0 N–H and O–H groups in total. The molecule has 1 aromatic carbocycles. The summed E-state index contributed by atoms with van der Waals surface area (Å²) in [7, 11) is 0. The Hall–Kier alpha value is -2.21. The monoisotopic (exact) mass is 302 g/mol. The molecule has 1 fully saturated rings. The van der Waals surface area contributed by atoms with Crippen molar-refractivity contribution < 1.29 is 19.2 Å². The first kappa shape index (κ1) is 14.7. The van der Waals surface area contributed by atoms with Gasteiger partial charge in [-0.1, -0.05) is 24.1 Å². The fraction of sp³-hybridized carbons (Fsp3) is 0.438. The lowest BCUT2D eigenvalue weighted by Crippen LogP contribution is -2.41. The van der Waals surface area contributed by atoms with Crippen LogP contribution >= 0.6 is 0 Å². The van der Waals surface area contributed by atoms with E-state index in [2.05, 4.69) is 6.92 Å². The topological polar surface area (TPSA) is 66.9 Å². The molecule has 0 aromatic heterocycles. The van der Waals surface area contributed by atoms with Crippen molar-refractivity contribution in [1.82, 2.24) is 9.96 Å². The Balaban J connectivity index is 1.61. The standard InChI is InChI=1S/C16H18N2O4/c1-11-6-8-17(9-7-11)10-14(19)22-18-15(20)12-4-2-3-5-13(12)16(18)21/h2-5,11H,6-10H2,1H3. The van der Waals surface area contributed by atoms with E-state index in [1.165, 1.54) is 0 Å². The minimum atomic E-state index is -0.582. The van der Waals surface area contributed by atoms with Crippen LogP contribution in [0.3, 0.4) is 0 Å². The Morgan fingerprint density at radius 3 is 2.23 bits per heavy atom. The van der Waals surface area contributed by atoms with Gasteiger partial charge < -0.3 is 4.84 Å². The summed E-state index contributed by atoms with van der Waals surface area (Å²) in [5, 5.41) is 0.569. The number of hydrogen-bond acceptors (Lipinski definition) is 5. The number of nitrogens with zero attached hydrogens (tertiary/aromatic N) is 2. The number of hydrogen-bond donors (Lipinski definition) is 0. The number of likely N-dealkylation sites (tertiary alicyclic amines) is 1. The van der Waals surface area contributed by atoms with E-state index in [1.807, 2.05) is 4.90 Å². The average Bonchev–Trinajstić information content (AvgIpc) is 2.75. The van der Waals surface area contributed by atoms with E-state index in [0.717, 1.165) is 25.9 Å². The Morgan fingerprint density at radius 1 is 1.14 bits per heavy atom. The van der Waals surface area contributed by atoms with E-state index in [1.54, 1.807) is 24.3 Å². The van der Waals surface area contributed by atoms with Gasteiger partial charge in [0, 0.05) is 0 Å². The Morgan fingerprint density at radius 2 is 1.68 bits per heavy atom. The van der Waals surface area contributed by atoms with Gasteiger partial charge in [-0.3, -0.25) is 14.5 Å². The third-order valence-corrected chi connectivity index (χ3v) is 4.18. The van der Waals surface area contributed by atoms with Crippen molar-refractivity contribution in [2.45, 2.75) is 19.8 Å². The number of carbonyl (C=O) groups excluding carboxylic acids is 3. The molecule has 116 valence electrons. The second-order valence-corrected chi connectivity index (χ2v) is 5.87. The van der Waals surface area contributed by atoms with E-state index in [4.69, 9.17) is 4.84 Å². The Kier molecular flexibility index (Phi) is 3.94. The molecule has 3 rings (SSSR count). The van der Waals surface area contributed by atoms with Crippen LogP contribution in [0, 0.1) is 5.92 Å². The first-order valence-corrected chi connectivity index (χ1v) is 7.47. The molecule has 0 spiro atoms.